The van der Waals surface area contributed by atoms with E-state index in [-0.39, 0.29) is 29.5 Å². The third kappa shape index (κ3) is 3.42. The zero-order valence-electron chi connectivity index (χ0n) is 22.9. The summed E-state index contributed by atoms with van der Waals surface area (Å²) < 4.78 is 12.3. The van der Waals surface area contributed by atoms with Crippen LogP contribution in [0, 0.1) is 46.3 Å². The molecule has 0 unspecified atom stereocenters. The molecule has 11 atom stereocenters. The molecule has 0 aromatic rings. The largest absolute Gasteiger partial charge is 0.459 e. The number of rotatable bonds is 3. The number of ether oxygens (including phenoxy) is 2. The summed E-state index contributed by atoms with van der Waals surface area (Å²) in [5.74, 6) is -3.24. The molecule has 1 heterocycles. The van der Waals surface area contributed by atoms with Crippen molar-refractivity contribution >= 4 is 17.7 Å². The molecule has 37 heavy (non-hydrogen) atoms. The van der Waals surface area contributed by atoms with Gasteiger partial charge in [0.25, 0.3) is 0 Å². The van der Waals surface area contributed by atoms with Gasteiger partial charge in [0.2, 0.25) is 0 Å². The first-order valence-electron chi connectivity index (χ1n) is 13.6. The van der Waals surface area contributed by atoms with Crippen LogP contribution in [0.1, 0.15) is 61.3 Å². The lowest BCUT2D eigenvalue weighted by molar-refractivity contribution is -0.178. The van der Waals surface area contributed by atoms with Crippen LogP contribution >= 0.6 is 0 Å². The number of allylic oxidation sites excluding steroid dienone is 5. The van der Waals surface area contributed by atoms with Gasteiger partial charge in [-0.1, -0.05) is 30.7 Å². The second kappa shape index (κ2) is 8.37. The molecule has 0 amide bonds. The Kier molecular flexibility index (Phi) is 5.97. The number of carbonyl (C=O) groups is 3. The Morgan fingerprint density at radius 2 is 1.95 bits per heavy atom. The molecule has 2 saturated carbocycles. The number of fused-ring (bicyclic) bond motifs is 3. The highest BCUT2D eigenvalue weighted by molar-refractivity contribution is 5.99. The monoisotopic (exact) mass is 512 g/mol. The van der Waals surface area contributed by atoms with E-state index in [2.05, 4.69) is 13.0 Å². The molecular weight excluding hydrogens is 472 g/mol. The molecule has 2 bridgehead atoms. The fourth-order valence-corrected chi connectivity index (χ4v) is 8.43. The van der Waals surface area contributed by atoms with E-state index in [1.807, 2.05) is 13.0 Å². The van der Waals surface area contributed by atoms with Gasteiger partial charge in [-0.25, -0.2) is 4.79 Å². The molecular formula is C30H40O7. The van der Waals surface area contributed by atoms with Crippen molar-refractivity contribution in [3.63, 3.8) is 0 Å². The zero-order chi connectivity index (χ0) is 27.2. The molecule has 6 aliphatic rings. The van der Waals surface area contributed by atoms with Gasteiger partial charge in [-0.15, -0.1) is 0 Å². The summed E-state index contributed by atoms with van der Waals surface area (Å²) >= 11 is 0. The van der Waals surface area contributed by atoms with E-state index in [9.17, 15) is 24.6 Å². The Hall–Kier alpha value is -2.25. The summed E-state index contributed by atoms with van der Waals surface area (Å²) in [5, 5.41) is 22.8. The predicted octanol–water partition coefficient (Wildman–Crippen LogP) is 3.54. The van der Waals surface area contributed by atoms with Crippen molar-refractivity contribution in [2.45, 2.75) is 85.2 Å². The fourth-order valence-electron chi connectivity index (χ4n) is 8.43. The van der Waals surface area contributed by atoms with E-state index in [4.69, 9.17) is 9.47 Å². The lowest BCUT2D eigenvalue weighted by atomic mass is 9.46. The van der Waals surface area contributed by atoms with E-state index >= 15 is 0 Å². The van der Waals surface area contributed by atoms with E-state index in [1.54, 1.807) is 40.7 Å². The summed E-state index contributed by atoms with van der Waals surface area (Å²) in [6, 6.07) is 0. The highest BCUT2D eigenvalue weighted by atomic mass is 16.6. The minimum Gasteiger partial charge on any atom is -0.459 e. The van der Waals surface area contributed by atoms with Gasteiger partial charge in [-0.05, 0) is 90.0 Å². The van der Waals surface area contributed by atoms with Crippen LogP contribution in [0.3, 0.4) is 0 Å². The van der Waals surface area contributed by atoms with E-state index < -0.39 is 58.5 Å². The summed E-state index contributed by atoms with van der Waals surface area (Å²) in [4.78, 5) is 40.9. The number of aliphatic hydroxyl groups excluding tert-OH is 1. The van der Waals surface area contributed by atoms with Crippen LogP contribution in [0.4, 0.5) is 0 Å². The van der Waals surface area contributed by atoms with E-state index in [0.29, 0.717) is 12.0 Å². The lowest BCUT2D eigenvalue weighted by Gasteiger charge is -2.57. The molecule has 0 aromatic heterocycles. The molecule has 1 aliphatic heterocycles. The van der Waals surface area contributed by atoms with Crippen LogP contribution in [0.5, 0.6) is 0 Å². The van der Waals surface area contributed by atoms with Crippen molar-refractivity contribution in [2.24, 2.45) is 46.3 Å². The molecule has 202 valence electrons. The molecule has 0 radical (unpaired) electrons. The molecule has 6 rings (SSSR count). The first-order chi connectivity index (χ1) is 17.2. The van der Waals surface area contributed by atoms with E-state index in [1.165, 1.54) is 11.6 Å². The first kappa shape index (κ1) is 26.4. The van der Waals surface area contributed by atoms with Gasteiger partial charge < -0.3 is 19.7 Å². The fraction of sp³-hybridized carbons (Fsp3) is 0.700. The summed E-state index contributed by atoms with van der Waals surface area (Å²) in [7, 11) is 0. The van der Waals surface area contributed by atoms with Crippen LogP contribution in [-0.4, -0.2) is 51.8 Å². The molecule has 1 spiro atoms. The molecule has 2 N–H and O–H groups in total. The Balaban J connectivity index is 1.74. The topological polar surface area (TPSA) is 110 Å². The normalized spacial score (nSPS) is 46.9. The average molecular weight is 513 g/mol. The molecule has 1 saturated heterocycles. The highest BCUT2D eigenvalue weighted by Gasteiger charge is 2.75. The van der Waals surface area contributed by atoms with Crippen molar-refractivity contribution in [1.29, 1.82) is 0 Å². The third-order valence-corrected chi connectivity index (χ3v) is 10.7. The molecule has 5 aliphatic carbocycles. The number of hydrogen-bond acceptors (Lipinski definition) is 7. The SMILES string of the molecule is C/C=C(/C)C(=O)O[C@H]1[C@H]2[C@H](OC(=O)[C@]23C[C@H]2C[C@H](C(C)(C)O)[C@@H]3C=C2C)[C@H](O)[C@@H](C)[C@@H]2C=CC(=O)[C@]21C. The van der Waals surface area contributed by atoms with Crippen LogP contribution in [0.25, 0.3) is 0 Å². The second-order valence-corrected chi connectivity index (χ2v) is 12.9. The Morgan fingerprint density at radius 3 is 2.54 bits per heavy atom. The maximum atomic E-state index is 14.1. The van der Waals surface area contributed by atoms with Crippen LogP contribution in [0.15, 0.2) is 35.5 Å². The average Bonchev–Trinajstić information content (AvgIpc) is 3.27. The summed E-state index contributed by atoms with van der Waals surface area (Å²) in [6.07, 6.45) is 5.36. The zero-order valence-corrected chi connectivity index (χ0v) is 22.9. The maximum Gasteiger partial charge on any atom is 0.333 e. The van der Waals surface area contributed by atoms with Gasteiger partial charge in [0.05, 0.1) is 28.5 Å². The van der Waals surface area contributed by atoms with Crippen LogP contribution in [-0.2, 0) is 23.9 Å². The van der Waals surface area contributed by atoms with E-state index in [0.717, 1.165) is 6.42 Å². The molecule has 3 fully saturated rings. The van der Waals surface area contributed by atoms with Gasteiger partial charge in [-0.2, -0.15) is 0 Å². The molecule has 0 aromatic carbocycles. The van der Waals surface area contributed by atoms with Gasteiger partial charge in [0.1, 0.15) is 12.2 Å². The van der Waals surface area contributed by atoms with Crippen molar-refractivity contribution in [1.82, 2.24) is 0 Å². The number of hydrogen-bond donors (Lipinski definition) is 2. The lowest BCUT2D eigenvalue weighted by Crippen LogP contribution is -2.61. The molecule has 7 heteroatoms. The second-order valence-electron chi connectivity index (χ2n) is 12.9. The minimum absolute atomic E-state index is 0.0418. The number of ketones is 1. The Bertz CT molecular complexity index is 1130. The van der Waals surface area contributed by atoms with Crippen molar-refractivity contribution < 1.29 is 34.1 Å². The van der Waals surface area contributed by atoms with Gasteiger partial charge in [0.15, 0.2) is 5.78 Å². The third-order valence-electron chi connectivity index (χ3n) is 10.7. The standard InChI is InChI=1S/C30H40O7/c1-8-14(2)26(33)37-25-22-24(23(32)16(4)18-9-10-21(31)29(18,25)7)36-27(34)30(22)13-17-12-19(28(5,6)35)20(30)11-15(17)3/h8-11,16-20,22-25,32,35H,12-13H2,1-7H3/b14-8-/t16-,17+,18-,19-,20-,22+,23+,24-,25-,29-,30-/m0/s1. The van der Waals surface area contributed by atoms with Gasteiger partial charge in [-0.3, -0.25) is 9.59 Å². The van der Waals surface area contributed by atoms with Crippen LogP contribution in [0.2, 0.25) is 0 Å². The Labute approximate surface area is 219 Å². The smallest absolute Gasteiger partial charge is 0.333 e. The van der Waals surface area contributed by atoms with Gasteiger partial charge in [0, 0.05) is 5.57 Å². The quantitative estimate of drug-likeness (QED) is 0.338. The highest BCUT2D eigenvalue weighted by Crippen LogP contribution is 2.67. The van der Waals surface area contributed by atoms with Gasteiger partial charge >= 0.3 is 11.9 Å². The van der Waals surface area contributed by atoms with Crippen molar-refractivity contribution in [3.8, 4) is 0 Å². The van der Waals surface area contributed by atoms with Crippen molar-refractivity contribution in [2.75, 3.05) is 0 Å². The number of esters is 2. The minimum atomic E-state index is -1.16. The Morgan fingerprint density at radius 1 is 1.27 bits per heavy atom. The van der Waals surface area contributed by atoms with Crippen LogP contribution < -0.4 is 0 Å². The number of aliphatic hydroxyl groups is 2. The predicted molar refractivity (Wildman–Crippen MR) is 136 cm³/mol. The summed E-state index contributed by atoms with van der Waals surface area (Å²) in [6.45, 7) is 12.7. The first-order valence-corrected chi connectivity index (χ1v) is 13.6. The molecule has 7 nitrogen and oxygen atoms in total. The summed E-state index contributed by atoms with van der Waals surface area (Å²) in [5.41, 5.74) is -1.77. The number of carbonyl (C=O) groups excluding carboxylic acids is 3. The van der Waals surface area contributed by atoms with Crippen molar-refractivity contribution in [3.05, 3.63) is 35.5 Å². The maximum absolute atomic E-state index is 14.1.